The molecule has 4 aliphatic rings. The number of nitrogens with zero attached hydrogens (tertiary/aromatic N) is 4. The third-order valence-electron chi connectivity index (χ3n) is 17.5. The van der Waals surface area contributed by atoms with Crippen LogP contribution in [0.3, 0.4) is 0 Å². The maximum absolute atomic E-state index is 2.60. The smallest absolute Gasteiger partial charge is 0.0782 e. The van der Waals surface area contributed by atoms with E-state index in [9.17, 15) is 0 Å². The fraction of sp³-hybridized carbons (Fsp3) is 0.0811. The zero-order valence-corrected chi connectivity index (χ0v) is 43.1. The number of benzene rings is 10. The molecule has 3 unspecified atom stereocenters. The number of aromatic nitrogens is 2. The van der Waals surface area contributed by atoms with Crippen LogP contribution in [0, 0.1) is 5.92 Å². The molecular weight excluding hydrogens is 945 g/mol. The van der Waals surface area contributed by atoms with Gasteiger partial charge in [0.2, 0.25) is 0 Å². The summed E-state index contributed by atoms with van der Waals surface area (Å²) in [5.41, 5.74) is 20.7. The van der Waals surface area contributed by atoms with E-state index < -0.39 is 0 Å². The van der Waals surface area contributed by atoms with Crippen molar-refractivity contribution >= 4 is 77.6 Å². The van der Waals surface area contributed by atoms with Crippen LogP contribution < -0.4 is 9.80 Å². The van der Waals surface area contributed by atoms with E-state index in [0.29, 0.717) is 5.92 Å². The third kappa shape index (κ3) is 6.85. The average Bonchev–Trinajstić information content (AvgIpc) is 2.71. The van der Waals surface area contributed by atoms with Gasteiger partial charge in [0.05, 0.1) is 16.6 Å². The fourth-order valence-corrected chi connectivity index (χ4v) is 13.8. The molecular formula is C74H54N4. The van der Waals surface area contributed by atoms with Crippen molar-refractivity contribution < 1.29 is 0 Å². The highest BCUT2D eigenvalue weighted by atomic mass is 15.3. The number of allylic oxidation sites excluding steroid dienone is 6. The highest BCUT2D eigenvalue weighted by molar-refractivity contribution is 6.10. The molecule has 0 radical (unpaired) electrons. The lowest BCUT2D eigenvalue weighted by molar-refractivity contribution is 0.555. The van der Waals surface area contributed by atoms with Crippen LogP contribution in [0.15, 0.2) is 285 Å². The van der Waals surface area contributed by atoms with Crippen molar-refractivity contribution in [1.82, 2.24) is 9.13 Å². The number of hydrogen-bond acceptors (Lipinski definition) is 2. The van der Waals surface area contributed by atoms with Crippen LogP contribution >= 0.6 is 0 Å². The Balaban J connectivity index is 0.719. The van der Waals surface area contributed by atoms with Crippen molar-refractivity contribution in [3.8, 4) is 27.9 Å². The van der Waals surface area contributed by atoms with Crippen LogP contribution in [0.25, 0.3) is 77.1 Å². The Labute approximate surface area is 454 Å². The number of hydrogen-bond donors (Lipinski definition) is 0. The number of anilines is 5. The van der Waals surface area contributed by atoms with Crippen LogP contribution in [0.4, 0.5) is 28.4 Å². The van der Waals surface area contributed by atoms with Crippen LogP contribution in [-0.2, 0) is 12.0 Å². The maximum atomic E-state index is 2.60. The quantitative estimate of drug-likeness (QED) is 0.136. The summed E-state index contributed by atoms with van der Waals surface area (Å²) in [6.07, 6.45) is 18.6. The van der Waals surface area contributed by atoms with Crippen molar-refractivity contribution in [3.63, 3.8) is 0 Å². The van der Waals surface area contributed by atoms with Crippen molar-refractivity contribution in [2.24, 2.45) is 5.92 Å². The molecule has 3 heterocycles. The molecule has 370 valence electrons. The van der Waals surface area contributed by atoms with E-state index in [4.69, 9.17) is 0 Å². The van der Waals surface area contributed by atoms with Gasteiger partial charge in [-0.1, -0.05) is 194 Å². The van der Waals surface area contributed by atoms with Gasteiger partial charge < -0.3 is 18.9 Å². The van der Waals surface area contributed by atoms with Crippen LogP contribution in [0.5, 0.6) is 0 Å². The SMILES string of the molecule is C1=CC23CC2(C=C1)N(c1cccc(-c2ccc(N(c4ccc(C5=CCC(Cn6c7ccccc7c7ccccc76)C=C5)cc4)c4ccc(-c5cccc(-n6c7ccccc7c7ccccc76)c5)cc4)cc2)c1)c1ccccc13. The van der Waals surface area contributed by atoms with Crippen molar-refractivity contribution in [3.05, 3.63) is 296 Å². The molecule has 10 aromatic carbocycles. The van der Waals surface area contributed by atoms with Gasteiger partial charge >= 0.3 is 0 Å². The molecule has 16 rings (SSSR count). The van der Waals surface area contributed by atoms with E-state index in [2.05, 4.69) is 304 Å². The Bertz CT molecular complexity index is 4380. The molecule has 0 bridgehead atoms. The summed E-state index contributed by atoms with van der Waals surface area (Å²) in [4.78, 5) is 4.99. The van der Waals surface area contributed by atoms with Gasteiger partial charge in [-0.25, -0.2) is 0 Å². The van der Waals surface area contributed by atoms with Crippen LogP contribution in [0.1, 0.15) is 24.0 Å². The van der Waals surface area contributed by atoms with E-state index >= 15 is 0 Å². The summed E-state index contributed by atoms with van der Waals surface area (Å²) in [6, 6.07) is 89.6. The Morgan fingerprint density at radius 3 is 1.53 bits per heavy atom. The molecule has 78 heavy (non-hydrogen) atoms. The summed E-state index contributed by atoms with van der Waals surface area (Å²) in [5, 5.41) is 5.18. The number of fused-ring (bicyclic) bond motifs is 7. The Kier molecular flexibility index (Phi) is 9.99. The van der Waals surface area contributed by atoms with Crippen LogP contribution in [0.2, 0.25) is 0 Å². The molecule has 0 saturated heterocycles. The minimum Gasteiger partial charge on any atom is -0.340 e. The molecule has 0 amide bonds. The second kappa shape index (κ2) is 17.5. The minimum absolute atomic E-state index is 0.0463. The predicted molar refractivity (Wildman–Crippen MR) is 327 cm³/mol. The first-order valence-electron chi connectivity index (χ1n) is 27.5. The molecule has 1 fully saturated rings. The number of rotatable bonds is 10. The van der Waals surface area contributed by atoms with Gasteiger partial charge in [-0.3, -0.25) is 0 Å². The highest BCUT2D eigenvalue weighted by Crippen LogP contribution is 2.73. The average molecular weight is 999 g/mol. The van der Waals surface area contributed by atoms with E-state index in [1.54, 1.807) is 0 Å². The Morgan fingerprint density at radius 2 is 0.936 bits per heavy atom. The molecule has 4 nitrogen and oxygen atoms in total. The van der Waals surface area contributed by atoms with E-state index in [-0.39, 0.29) is 11.0 Å². The van der Waals surface area contributed by atoms with Crippen LogP contribution in [-0.4, -0.2) is 14.7 Å². The first-order chi connectivity index (χ1) is 38.6. The highest BCUT2D eigenvalue weighted by Gasteiger charge is 2.74. The second-order valence-corrected chi connectivity index (χ2v) is 21.7. The maximum Gasteiger partial charge on any atom is 0.0782 e. The number of para-hydroxylation sites is 5. The molecule has 2 aromatic heterocycles. The second-order valence-electron chi connectivity index (χ2n) is 21.7. The van der Waals surface area contributed by atoms with Crippen molar-refractivity contribution in [2.45, 2.75) is 30.3 Å². The molecule has 0 spiro atoms. The van der Waals surface area contributed by atoms with Gasteiger partial charge in [-0.2, -0.15) is 0 Å². The summed E-state index contributed by atoms with van der Waals surface area (Å²) < 4.78 is 4.91. The lowest BCUT2D eigenvalue weighted by Gasteiger charge is -2.31. The first-order valence-corrected chi connectivity index (χ1v) is 27.5. The fourth-order valence-electron chi connectivity index (χ4n) is 13.8. The van der Waals surface area contributed by atoms with E-state index in [1.807, 2.05) is 0 Å². The zero-order chi connectivity index (χ0) is 51.4. The van der Waals surface area contributed by atoms with Gasteiger partial charge in [0, 0.05) is 78.7 Å². The standard InChI is InChI=1S/C74H54N4/c1-6-24-68-63(19-1)64-20-2-7-25-69(64)75(68)49-51-29-31-52(32-30-51)53-33-39-58(40-34-53)76(59-41-35-54(36-42-59)56-15-13-17-61(47-56)77-70-26-8-3-21-65(70)66-22-4-9-27-71(66)77)60-43-37-55(38-44-60)57-16-14-18-62(48-57)78-72-28-10-5-23-67(72)73-45-11-12-46-74(73,78)50-73/h1-29,31-48,51H,30,49-50H2. The lowest BCUT2D eigenvalue weighted by atomic mass is 9.90. The molecule has 12 aromatic rings. The molecule has 1 aliphatic heterocycles. The Hall–Kier alpha value is -9.64. The lowest BCUT2D eigenvalue weighted by Crippen LogP contribution is -2.33. The van der Waals surface area contributed by atoms with Crippen molar-refractivity contribution in [1.29, 1.82) is 0 Å². The monoisotopic (exact) mass is 998 g/mol. The zero-order valence-electron chi connectivity index (χ0n) is 43.1. The van der Waals surface area contributed by atoms with E-state index in [0.717, 1.165) is 42.1 Å². The molecule has 1 saturated carbocycles. The van der Waals surface area contributed by atoms with Gasteiger partial charge in [0.1, 0.15) is 0 Å². The van der Waals surface area contributed by atoms with Gasteiger partial charge in [-0.15, -0.1) is 0 Å². The molecule has 3 aliphatic carbocycles. The third-order valence-corrected chi connectivity index (χ3v) is 17.5. The summed E-state index contributed by atoms with van der Waals surface area (Å²) in [5.74, 6) is 0.410. The topological polar surface area (TPSA) is 16.3 Å². The summed E-state index contributed by atoms with van der Waals surface area (Å²) in [6.45, 7) is 0.946. The van der Waals surface area contributed by atoms with Crippen molar-refractivity contribution in [2.75, 3.05) is 9.80 Å². The first kappa shape index (κ1) is 44.6. The molecule has 3 atom stereocenters. The molecule has 0 N–H and O–H groups in total. The predicted octanol–water partition coefficient (Wildman–Crippen LogP) is 19.0. The van der Waals surface area contributed by atoms with Gasteiger partial charge in [-0.05, 0) is 149 Å². The van der Waals surface area contributed by atoms with Gasteiger partial charge in [0.15, 0.2) is 0 Å². The summed E-state index contributed by atoms with van der Waals surface area (Å²) >= 11 is 0. The van der Waals surface area contributed by atoms with Gasteiger partial charge in [0.25, 0.3) is 0 Å². The molecule has 4 heteroatoms. The largest absolute Gasteiger partial charge is 0.340 e. The Morgan fingerprint density at radius 1 is 0.436 bits per heavy atom. The van der Waals surface area contributed by atoms with E-state index in [1.165, 1.54) is 93.9 Å². The normalized spacial score (nSPS) is 18.8. The summed E-state index contributed by atoms with van der Waals surface area (Å²) in [7, 11) is 0. The minimum atomic E-state index is -0.0463.